The molecule has 0 fully saturated rings. The molecule has 0 saturated carbocycles. The first-order chi connectivity index (χ1) is 7.91. The van der Waals surface area contributed by atoms with Gasteiger partial charge in [0.15, 0.2) is 0 Å². The Labute approximate surface area is 101 Å². The lowest BCUT2D eigenvalue weighted by atomic mass is 10.1. The summed E-state index contributed by atoms with van der Waals surface area (Å²) in [5.74, 6) is 0. The minimum atomic E-state index is -3.92. The van der Waals surface area contributed by atoms with E-state index < -0.39 is 14.0 Å². The highest BCUT2D eigenvalue weighted by molar-refractivity contribution is 8.14. The van der Waals surface area contributed by atoms with Crippen LogP contribution in [0, 0.1) is 10.1 Å². The number of hydrogen-bond acceptors (Lipinski definition) is 4. The maximum atomic E-state index is 11.3. The van der Waals surface area contributed by atoms with Gasteiger partial charge in [-0.1, -0.05) is 18.2 Å². The summed E-state index contributed by atoms with van der Waals surface area (Å²) in [7, 11) is 1.35. The smallest absolute Gasteiger partial charge is 0.258 e. The van der Waals surface area contributed by atoms with E-state index in [-0.39, 0.29) is 21.4 Å². The van der Waals surface area contributed by atoms with Crippen molar-refractivity contribution >= 4 is 36.2 Å². The van der Waals surface area contributed by atoms with Gasteiger partial charge in [0.25, 0.3) is 14.7 Å². The van der Waals surface area contributed by atoms with E-state index in [4.69, 9.17) is 10.7 Å². The Morgan fingerprint density at radius 1 is 1.06 bits per heavy atom. The zero-order valence-electron chi connectivity index (χ0n) is 8.33. The fourth-order valence-electron chi connectivity index (χ4n) is 1.64. The number of nitro benzene ring substituents is 1. The molecule has 88 valence electrons. The normalized spacial score (nSPS) is 11.6. The van der Waals surface area contributed by atoms with Crippen molar-refractivity contribution in [2.24, 2.45) is 0 Å². The molecule has 0 N–H and O–H groups in total. The van der Waals surface area contributed by atoms with Gasteiger partial charge in [0.1, 0.15) is 0 Å². The standard InChI is InChI=1S/C10H6ClNO4S/c11-17(15,16)10-6-2-3-7-8(10)4-1-5-9(7)12(13)14/h1-6H. The zero-order chi connectivity index (χ0) is 12.6. The minimum absolute atomic E-state index is 0.125. The van der Waals surface area contributed by atoms with Crippen LogP contribution in [-0.2, 0) is 9.05 Å². The zero-order valence-corrected chi connectivity index (χ0v) is 9.90. The van der Waals surface area contributed by atoms with Crippen LogP contribution in [0.15, 0.2) is 41.3 Å². The highest BCUT2D eigenvalue weighted by Gasteiger charge is 2.18. The fourth-order valence-corrected chi connectivity index (χ4v) is 2.72. The number of hydrogen-bond donors (Lipinski definition) is 0. The lowest BCUT2D eigenvalue weighted by molar-refractivity contribution is -0.383. The monoisotopic (exact) mass is 271 g/mol. The quantitative estimate of drug-likeness (QED) is 0.478. The minimum Gasteiger partial charge on any atom is -0.258 e. The average Bonchev–Trinajstić information content (AvgIpc) is 2.26. The van der Waals surface area contributed by atoms with Crippen LogP contribution in [0.1, 0.15) is 0 Å². The molecule has 0 radical (unpaired) electrons. The van der Waals surface area contributed by atoms with Crippen LogP contribution in [-0.4, -0.2) is 13.3 Å². The SMILES string of the molecule is O=[N+]([O-])c1cccc2c(S(=O)(=O)Cl)cccc12. The van der Waals surface area contributed by atoms with Gasteiger partial charge in [-0.2, -0.15) is 0 Å². The molecule has 5 nitrogen and oxygen atoms in total. The maximum absolute atomic E-state index is 11.3. The molecule has 2 aromatic rings. The van der Waals surface area contributed by atoms with Gasteiger partial charge in [-0.05, 0) is 12.1 Å². The molecule has 0 saturated heterocycles. The molecule has 2 aromatic carbocycles. The number of fused-ring (bicyclic) bond motifs is 1. The lowest BCUT2D eigenvalue weighted by Crippen LogP contribution is -1.94. The molecule has 0 unspecified atom stereocenters. The van der Waals surface area contributed by atoms with Crippen LogP contribution in [0.2, 0.25) is 0 Å². The number of benzene rings is 2. The molecular formula is C10H6ClNO4S. The van der Waals surface area contributed by atoms with E-state index in [0.717, 1.165) is 0 Å². The van der Waals surface area contributed by atoms with E-state index in [1.807, 2.05) is 0 Å². The van der Waals surface area contributed by atoms with Gasteiger partial charge >= 0.3 is 0 Å². The Hall–Kier alpha value is -1.66. The van der Waals surface area contributed by atoms with Crippen molar-refractivity contribution in [2.45, 2.75) is 4.90 Å². The van der Waals surface area contributed by atoms with Crippen molar-refractivity contribution in [3.8, 4) is 0 Å². The molecule has 0 aromatic heterocycles. The summed E-state index contributed by atoms with van der Waals surface area (Å²) in [6.07, 6.45) is 0. The Balaban J connectivity index is 2.94. The van der Waals surface area contributed by atoms with Crippen LogP contribution < -0.4 is 0 Å². The van der Waals surface area contributed by atoms with Crippen LogP contribution in [0.4, 0.5) is 5.69 Å². The van der Waals surface area contributed by atoms with Gasteiger partial charge in [-0.25, -0.2) is 8.42 Å². The maximum Gasteiger partial charge on any atom is 0.277 e. The Morgan fingerprint density at radius 2 is 1.65 bits per heavy atom. The number of nitrogens with zero attached hydrogens (tertiary/aromatic N) is 1. The third kappa shape index (κ3) is 2.09. The molecule has 17 heavy (non-hydrogen) atoms. The van der Waals surface area contributed by atoms with E-state index in [1.165, 1.54) is 36.4 Å². The molecule has 0 amide bonds. The van der Waals surface area contributed by atoms with Gasteiger partial charge in [-0.3, -0.25) is 10.1 Å². The molecule has 0 bridgehead atoms. The van der Waals surface area contributed by atoms with Gasteiger partial charge in [0.05, 0.1) is 15.2 Å². The first-order valence-corrected chi connectivity index (χ1v) is 6.83. The second-order valence-corrected chi connectivity index (χ2v) is 5.86. The molecule has 0 aliphatic rings. The Morgan fingerprint density at radius 3 is 2.24 bits per heavy atom. The second-order valence-electron chi connectivity index (χ2n) is 3.32. The molecule has 7 heteroatoms. The predicted octanol–water partition coefficient (Wildman–Crippen LogP) is 2.68. The van der Waals surface area contributed by atoms with E-state index >= 15 is 0 Å². The summed E-state index contributed by atoms with van der Waals surface area (Å²) in [5, 5.41) is 11.3. The topological polar surface area (TPSA) is 77.3 Å². The number of nitro groups is 1. The van der Waals surface area contributed by atoms with Crippen LogP contribution >= 0.6 is 10.7 Å². The summed E-state index contributed by atoms with van der Waals surface area (Å²) >= 11 is 0. The molecule has 0 aliphatic heterocycles. The third-order valence-electron chi connectivity index (χ3n) is 2.32. The van der Waals surface area contributed by atoms with Gasteiger partial charge in [0, 0.05) is 22.1 Å². The lowest BCUT2D eigenvalue weighted by Gasteiger charge is -2.03. The molecule has 0 spiro atoms. The number of rotatable bonds is 2. The Kier molecular flexibility index (Phi) is 2.76. The molecular weight excluding hydrogens is 266 g/mol. The highest BCUT2D eigenvalue weighted by atomic mass is 35.7. The Bertz CT molecular complexity index is 711. The molecule has 2 rings (SSSR count). The van der Waals surface area contributed by atoms with Gasteiger partial charge in [0.2, 0.25) is 0 Å². The van der Waals surface area contributed by atoms with Crippen LogP contribution in [0.25, 0.3) is 10.8 Å². The van der Waals surface area contributed by atoms with Gasteiger partial charge < -0.3 is 0 Å². The summed E-state index contributed by atoms with van der Waals surface area (Å²) in [5.41, 5.74) is -0.148. The molecule has 0 atom stereocenters. The number of halogens is 1. The summed E-state index contributed by atoms with van der Waals surface area (Å²) < 4.78 is 22.6. The van der Waals surface area contributed by atoms with E-state index in [9.17, 15) is 18.5 Å². The van der Waals surface area contributed by atoms with Crippen molar-refractivity contribution < 1.29 is 13.3 Å². The van der Waals surface area contributed by atoms with Crippen molar-refractivity contribution in [2.75, 3.05) is 0 Å². The first-order valence-electron chi connectivity index (χ1n) is 4.52. The largest absolute Gasteiger partial charge is 0.277 e. The van der Waals surface area contributed by atoms with Gasteiger partial charge in [-0.15, -0.1) is 0 Å². The summed E-state index contributed by atoms with van der Waals surface area (Å²) in [6, 6.07) is 8.44. The summed E-state index contributed by atoms with van der Waals surface area (Å²) in [4.78, 5) is 10.1. The van der Waals surface area contributed by atoms with Crippen molar-refractivity contribution in [1.29, 1.82) is 0 Å². The molecule has 0 aliphatic carbocycles. The van der Waals surface area contributed by atoms with E-state index in [0.29, 0.717) is 0 Å². The van der Waals surface area contributed by atoms with Crippen molar-refractivity contribution in [3.63, 3.8) is 0 Å². The highest BCUT2D eigenvalue weighted by Crippen LogP contribution is 2.31. The first kappa shape index (κ1) is 11.8. The second kappa shape index (κ2) is 3.97. The summed E-state index contributed by atoms with van der Waals surface area (Å²) in [6.45, 7) is 0. The molecule has 0 heterocycles. The van der Waals surface area contributed by atoms with E-state index in [1.54, 1.807) is 0 Å². The number of non-ortho nitro benzene ring substituents is 1. The predicted molar refractivity (Wildman–Crippen MR) is 63.6 cm³/mol. The van der Waals surface area contributed by atoms with Crippen LogP contribution in [0.3, 0.4) is 0 Å². The van der Waals surface area contributed by atoms with E-state index in [2.05, 4.69) is 0 Å². The van der Waals surface area contributed by atoms with Crippen LogP contribution in [0.5, 0.6) is 0 Å². The van der Waals surface area contributed by atoms with Crippen molar-refractivity contribution in [3.05, 3.63) is 46.5 Å². The third-order valence-corrected chi connectivity index (χ3v) is 3.70. The average molecular weight is 272 g/mol. The van der Waals surface area contributed by atoms with Crippen molar-refractivity contribution in [1.82, 2.24) is 0 Å². The fraction of sp³-hybridized carbons (Fsp3) is 0.